The van der Waals surface area contributed by atoms with E-state index in [-0.39, 0.29) is 23.3 Å². The Balaban J connectivity index is 1.58. The lowest BCUT2D eigenvalue weighted by Gasteiger charge is -2.41. The molecule has 1 aliphatic rings. The van der Waals surface area contributed by atoms with Gasteiger partial charge in [-0.3, -0.25) is 0 Å². The minimum atomic E-state index is -3.33. The number of benzene rings is 2. The number of nitriles is 1. The van der Waals surface area contributed by atoms with Gasteiger partial charge < -0.3 is 9.80 Å². The van der Waals surface area contributed by atoms with Gasteiger partial charge in [0.15, 0.2) is 10.9 Å². The highest BCUT2D eigenvalue weighted by molar-refractivity contribution is 7.88. The first-order valence-corrected chi connectivity index (χ1v) is 14.9. The van der Waals surface area contributed by atoms with Gasteiger partial charge in [-0.15, -0.1) is 0 Å². The molecule has 2 aromatic heterocycles. The van der Waals surface area contributed by atoms with Crippen molar-refractivity contribution < 1.29 is 17.2 Å². The highest BCUT2D eigenvalue weighted by atomic mass is 32.2. The van der Waals surface area contributed by atoms with Gasteiger partial charge in [-0.1, -0.05) is 25.2 Å². The van der Waals surface area contributed by atoms with Crippen LogP contribution in [-0.2, 0) is 10.0 Å². The summed E-state index contributed by atoms with van der Waals surface area (Å²) < 4.78 is 54.7. The van der Waals surface area contributed by atoms with Gasteiger partial charge in [-0.2, -0.15) is 5.26 Å². The number of aromatic nitrogens is 2. The maximum Gasteiger partial charge on any atom is 0.209 e. The third-order valence-electron chi connectivity index (χ3n) is 6.55. The third kappa shape index (κ3) is 5.43. The number of nitrogens with zero attached hydrogens (tertiary/aromatic N) is 5. The highest BCUT2D eigenvalue weighted by Gasteiger charge is 2.30. The molecule has 0 aliphatic carbocycles. The number of sulfonamides is 1. The van der Waals surface area contributed by atoms with E-state index in [0.717, 1.165) is 6.26 Å². The Kier molecular flexibility index (Phi) is 7.00. The molecule has 3 heterocycles. The van der Waals surface area contributed by atoms with E-state index in [1.807, 2.05) is 35.8 Å². The lowest BCUT2D eigenvalue weighted by molar-refractivity contribution is 0.470. The summed E-state index contributed by atoms with van der Waals surface area (Å²) in [5, 5.41) is 10.8. The lowest BCUT2D eigenvalue weighted by Crippen LogP contribution is -2.59. The van der Waals surface area contributed by atoms with Crippen LogP contribution in [-0.4, -0.2) is 50.8 Å². The molecular weight excluding hydrogens is 542 g/mol. The summed E-state index contributed by atoms with van der Waals surface area (Å²) in [4.78, 5) is 13.4. The summed E-state index contributed by atoms with van der Waals surface area (Å²) in [5.41, 5.74) is 3.27. The van der Waals surface area contributed by atoms with Crippen molar-refractivity contribution in [3.8, 4) is 17.3 Å². The van der Waals surface area contributed by atoms with Gasteiger partial charge >= 0.3 is 0 Å². The molecule has 0 atom stereocenters. The smallest absolute Gasteiger partial charge is 0.209 e. The molecule has 0 bridgehead atoms. The lowest BCUT2D eigenvalue weighted by atomic mass is 10.0. The fourth-order valence-corrected chi connectivity index (χ4v) is 6.15. The Bertz CT molecular complexity index is 1710. The van der Waals surface area contributed by atoms with Crippen LogP contribution in [0.1, 0.15) is 30.3 Å². The van der Waals surface area contributed by atoms with E-state index in [9.17, 15) is 18.1 Å². The first-order chi connectivity index (χ1) is 18.4. The summed E-state index contributed by atoms with van der Waals surface area (Å²) in [6.45, 7) is 4.78. The topological polar surface area (TPSA) is 102 Å². The number of halogens is 2. The SMILES string of the molecule is CC(C)c1cc(N(C)c2nc(-c3ccc(F)cc3)c(C#N)s2)c2cc(N3CC(NS(C)(=O)=O)C3)cc(F)c2n1. The first kappa shape index (κ1) is 26.9. The van der Waals surface area contributed by atoms with E-state index in [1.165, 1.54) is 29.5 Å². The quantitative estimate of drug-likeness (QED) is 0.330. The molecule has 1 fully saturated rings. The predicted octanol–water partition coefficient (Wildman–Crippen LogP) is 5.14. The Morgan fingerprint density at radius 2 is 1.85 bits per heavy atom. The fourth-order valence-electron chi connectivity index (χ4n) is 4.53. The molecule has 0 amide bonds. The van der Waals surface area contributed by atoms with Gasteiger partial charge in [0.05, 0.1) is 18.0 Å². The molecule has 12 heteroatoms. The van der Waals surface area contributed by atoms with Crippen LogP contribution in [0.25, 0.3) is 22.2 Å². The first-order valence-electron chi connectivity index (χ1n) is 12.2. The minimum Gasteiger partial charge on any atom is -0.368 e. The third-order valence-corrected chi connectivity index (χ3v) is 8.35. The molecule has 0 radical (unpaired) electrons. The van der Waals surface area contributed by atoms with Crippen LogP contribution in [0.4, 0.5) is 25.3 Å². The molecule has 0 unspecified atom stereocenters. The van der Waals surface area contributed by atoms with Crippen molar-refractivity contribution in [2.24, 2.45) is 0 Å². The van der Waals surface area contributed by atoms with Crippen molar-refractivity contribution >= 4 is 48.8 Å². The van der Waals surface area contributed by atoms with E-state index in [2.05, 4.69) is 15.8 Å². The molecule has 1 aliphatic heterocycles. The van der Waals surface area contributed by atoms with Crippen molar-refractivity contribution in [1.82, 2.24) is 14.7 Å². The van der Waals surface area contributed by atoms with E-state index in [1.54, 1.807) is 19.2 Å². The minimum absolute atomic E-state index is 0.0274. The Morgan fingerprint density at radius 1 is 1.15 bits per heavy atom. The zero-order valence-corrected chi connectivity index (χ0v) is 23.4. The zero-order valence-electron chi connectivity index (χ0n) is 21.7. The van der Waals surface area contributed by atoms with Crippen LogP contribution in [0.15, 0.2) is 42.5 Å². The van der Waals surface area contributed by atoms with E-state index in [4.69, 9.17) is 4.98 Å². The predicted molar refractivity (Wildman–Crippen MR) is 150 cm³/mol. The molecular formula is C27H26F2N6O2S2. The van der Waals surface area contributed by atoms with Crippen LogP contribution in [0, 0.1) is 23.0 Å². The number of hydrogen-bond acceptors (Lipinski definition) is 8. The molecule has 5 rings (SSSR count). The number of thiazole rings is 1. The molecule has 1 saturated heterocycles. The maximum atomic E-state index is 15.5. The molecule has 1 N–H and O–H groups in total. The van der Waals surface area contributed by atoms with Gasteiger partial charge in [0.25, 0.3) is 0 Å². The average molecular weight is 569 g/mol. The van der Waals surface area contributed by atoms with Crippen LogP contribution in [0.2, 0.25) is 0 Å². The number of rotatable bonds is 7. The largest absolute Gasteiger partial charge is 0.368 e. The molecule has 0 saturated carbocycles. The molecule has 4 aromatic rings. The summed E-state index contributed by atoms with van der Waals surface area (Å²) in [6.07, 6.45) is 1.11. The summed E-state index contributed by atoms with van der Waals surface area (Å²) in [6, 6.07) is 12.9. The second kappa shape index (κ2) is 10.1. The van der Waals surface area contributed by atoms with Crippen LogP contribution in [0.5, 0.6) is 0 Å². The normalized spacial score (nSPS) is 14.1. The van der Waals surface area contributed by atoms with Gasteiger partial charge in [0, 0.05) is 42.5 Å². The van der Waals surface area contributed by atoms with Gasteiger partial charge in [-0.05, 0) is 48.4 Å². The van der Waals surface area contributed by atoms with Crippen LogP contribution in [0.3, 0.4) is 0 Å². The summed E-state index contributed by atoms with van der Waals surface area (Å²) in [7, 11) is -1.54. The number of hydrogen-bond donors (Lipinski definition) is 1. The molecule has 2 aromatic carbocycles. The fraction of sp³-hybridized carbons (Fsp3) is 0.296. The molecule has 0 spiro atoms. The Morgan fingerprint density at radius 3 is 2.46 bits per heavy atom. The monoisotopic (exact) mass is 568 g/mol. The second-order valence-corrected chi connectivity index (χ2v) is 12.6. The van der Waals surface area contributed by atoms with Crippen molar-refractivity contribution in [2.45, 2.75) is 25.8 Å². The van der Waals surface area contributed by atoms with Crippen molar-refractivity contribution in [2.75, 3.05) is 36.2 Å². The van der Waals surface area contributed by atoms with Crippen molar-refractivity contribution in [3.63, 3.8) is 0 Å². The maximum absolute atomic E-state index is 15.5. The van der Waals surface area contributed by atoms with Crippen molar-refractivity contribution in [3.05, 3.63) is 64.7 Å². The van der Waals surface area contributed by atoms with Gasteiger partial charge in [-0.25, -0.2) is 31.9 Å². The highest BCUT2D eigenvalue weighted by Crippen LogP contribution is 2.40. The standard InChI is InChI=1S/C27H26F2N6O2S2/c1-15(2)22-11-23(34(3)27-32-25(24(12-30)38-27)16-5-7-17(28)8-6-16)20-9-19(10-21(29)26(20)31-22)35-13-18(14-35)33-39(4,36)37/h5-11,15,18,33H,13-14H2,1-4H3. The second-order valence-electron chi connectivity index (χ2n) is 9.89. The number of nitrogens with one attached hydrogen (secondary N) is 1. The van der Waals surface area contributed by atoms with E-state index < -0.39 is 15.8 Å². The number of pyridine rings is 1. The van der Waals surface area contributed by atoms with Crippen LogP contribution >= 0.6 is 11.3 Å². The molecule has 202 valence electrons. The van der Waals surface area contributed by atoms with Gasteiger partial charge in [0.1, 0.15) is 28.0 Å². The summed E-state index contributed by atoms with van der Waals surface area (Å²) >= 11 is 1.19. The summed E-state index contributed by atoms with van der Waals surface area (Å²) in [5.74, 6) is -0.838. The number of fused-ring (bicyclic) bond motifs is 1. The Labute approximate surface area is 229 Å². The zero-order chi connectivity index (χ0) is 28.1. The Hall–Kier alpha value is -3.66. The number of anilines is 3. The van der Waals surface area contributed by atoms with Gasteiger partial charge in [0.2, 0.25) is 10.0 Å². The van der Waals surface area contributed by atoms with Crippen LogP contribution < -0.4 is 14.5 Å². The van der Waals surface area contributed by atoms with E-state index >= 15 is 4.39 Å². The van der Waals surface area contributed by atoms with E-state index in [0.29, 0.717) is 56.8 Å². The van der Waals surface area contributed by atoms with Crippen molar-refractivity contribution in [1.29, 1.82) is 5.26 Å². The molecule has 8 nitrogen and oxygen atoms in total. The average Bonchev–Trinajstić information content (AvgIpc) is 3.29. The molecule has 39 heavy (non-hydrogen) atoms.